The van der Waals surface area contributed by atoms with Gasteiger partial charge >= 0.3 is 0 Å². The summed E-state index contributed by atoms with van der Waals surface area (Å²) in [5.74, 6) is 1.16. The molecule has 1 N–H and O–H groups in total. The molecular formula is C12H22N2O. The molecular weight excluding hydrogens is 188 g/mol. The fourth-order valence-corrected chi connectivity index (χ4v) is 1.92. The van der Waals surface area contributed by atoms with E-state index in [4.69, 9.17) is 0 Å². The molecule has 86 valence electrons. The minimum absolute atomic E-state index is 0.0377. The molecule has 0 aliphatic heterocycles. The van der Waals surface area contributed by atoms with Crippen molar-refractivity contribution in [1.82, 2.24) is 5.43 Å². The Kier molecular flexibility index (Phi) is 4.79. The molecule has 0 heterocycles. The second-order valence-electron chi connectivity index (χ2n) is 5.01. The largest absolute Gasteiger partial charge is 0.273 e. The summed E-state index contributed by atoms with van der Waals surface area (Å²) < 4.78 is 0. The normalized spacial score (nSPS) is 24.5. The standard InChI is InChI=1S/C12H22N2O/c1-9(2)7-12(15)14-13-11-6-4-5-10(3)8-11/h9-10H,4-8H2,1-3H3,(H,14,15)/b13-11-/t10-/m0/s1. The van der Waals surface area contributed by atoms with E-state index in [0.29, 0.717) is 12.3 Å². The van der Waals surface area contributed by atoms with Crippen molar-refractivity contribution in [1.29, 1.82) is 0 Å². The van der Waals surface area contributed by atoms with Crippen LogP contribution in [0.5, 0.6) is 0 Å². The first-order valence-electron chi connectivity index (χ1n) is 5.92. The lowest BCUT2D eigenvalue weighted by atomic mass is 9.89. The molecule has 1 saturated carbocycles. The Morgan fingerprint density at radius 2 is 2.33 bits per heavy atom. The summed E-state index contributed by atoms with van der Waals surface area (Å²) in [6.07, 6.45) is 5.15. The molecule has 1 atom stereocenters. The lowest BCUT2D eigenvalue weighted by Gasteiger charge is -2.19. The molecule has 1 fully saturated rings. The summed E-state index contributed by atoms with van der Waals surface area (Å²) in [7, 11) is 0. The van der Waals surface area contributed by atoms with Crippen LogP contribution in [0.25, 0.3) is 0 Å². The average Bonchev–Trinajstić information content (AvgIpc) is 2.14. The maximum absolute atomic E-state index is 11.4. The van der Waals surface area contributed by atoms with Gasteiger partial charge in [0.05, 0.1) is 0 Å². The Bertz CT molecular complexity index is 246. The molecule has 0 radical (unpaired) electrons. The SMILES string of the molecule is CC(C)CC(=O)N/N=C1/CCC[C@H](C)C1. The first-order chi connectivity index (χ1) is 7.08. The van der Waals surface area contributed by atoms with Gasteiger partial charge in [-0.3, -0.25) is 4.79 Å². The second kappa shape index (κ2) is 5.89. The van der Waals surface area contributed by atoms with Crippen LogP contribution >= 0.6 is 0 Å². The molecule has 0 bridgehead atoms. The number of amides is 1. The molecule has 0 spiro atoms. The van der Waals surface area contributed by atoms with Crippen LogP contribution in [0.1, 0.15) is 52.9 Å². The zero-order chi connectivity index (χ0) is 11.3. The minimum atomic E-state index is 0.0377. The third kappa shape index (κ3) is 4.96. The third-order valence-corrected chi connectivity index (χ3v) is 2.68. The Morgan fingerprint density at radius 3 is 2.93 bits per heavy atom. The Morgan fingerprint density at radius 1 is 1.60 bits per heavy atom. The predicted molar refractivity (Wildman–Crippen MR) is 62.7 cm³/mol. The number of hydrogen-bond donors (Lipinski definition) is 1. The zero-order valence-electron chi connectivity index (χ0n) is 10.0. The summed E-state index contributed by atoms with van der Waals surface area (Å²) in [5, 5.41) is 4.20. The fourth-order valence-electron chi connectivity index (χ4n) is 1.92. The summed E-state index contributed by atoms with van der Waals surface area (Å²) in [5.41, 5.74) is 3.81. The van der Waals surface area contributed by atoms with Crippen molar-refractivity contribution in [2.75, 3.05) is 0 Å². The first-order valence-corrected chi connectivity index (χ1v) is 5.92. The molecule has 1 aliphatic rings. The molecule has 0 aromatic heterocycles. The molecule has 3 nitrogen and oxygen atoms in total. The van der Waals surface area contributed by atoms with Crippen LogP contribution in [-0.2, 0) is 4.79 Å². The summed E-state index contributed by atoms with van der Waals surface area (Å²) >= 11 is 0. The van der Waals surface area contributed by atoms with E-state index < -0.39 is 0 Å². The van der Waals surface area contributed by atoms with Crippen LogP contribution in [-0.4, -0.2) is 11.6 Å². The highest BCUT2D eigenvalue weighted by atomic mass is 16.2. The Hall–Kier alpha value is -0.860. The van der Waals surface area contributed by atoms with Crippen LogP contribution in [0, 0.1) is 11.8 Å². The van der Waals surface area contributed by atoms with Gasteiger partial charge in [0.25, 0.3) is 0 Å². The second-order valence-corrected chi connectivity index (χ2v) is 5.01. The van der Waals surface area contributed by atoms with Gasteiger partial charge in [0.2, 0.25) is 5.91 Å². The number of nitrogens with one attached hydrogen (secondary N) is 1. The van der Waals surface area contributed by atoms with Gasteiger partial charge in [0.1, 0.15) is 0 Å². The number of rotatable bonds is 3. The van der Waals surface area contributed by atoms with E-state index in [1.54, 1.807) is 0 Å². The van der Waals surface area contributed by atoms with Gasteiger partial charge in [-0.05, 0) is 37.5 Å². The van der Waals surface area contributed by atoms with Crippen molar-refractivity contribution >= 4 is 11.6 Å². The van der Waals surface area contributed by atoms with E-state index in [-0.39, 0.29) is 5.91 Å². The van der Waals surface area contributed by atoms with Gasteiger partial charge in [0.15, 0.2) is 0 Å². The average molecular weight is 210 g/mol. The first kappa shape index (κ1) is 12.2. The number of carbonyl (C=O) groups excluding carboxylic acids is 1. The summed E-state index contributed by atoms with van der Waals surface area (Å²) in [6, 6.07) is 0. The maximum Gasteiger partial charge on any atom is 0.240 e. The number of carbonyl (C=O) groups is 1. The molecule has 3 heteroatoms. The number of nitrogens with zero attached hydrogens (tertiary/aromatic N) is 1. The fraction of sp³-hybridized carbons (Fsp3) is 0.833. The Balaban J connectivity index is 2.33. The van der Waals surface area contributed by atoms with Crippen LogP contribution in [0.2, 0.25) is 0 Å². The monoisotopic (exact) mass is 210 g/mol. The summed E-state index contributed by atoms with van der Waals surface area (Å²) in [4.78, 5) is 11.4. The van der Waals surface area contributed by atoms with Crippen molar-refractivity contribution in [2.24, 2.45) is 16.9 Å². The minimum Gasteiger partial charge on any atom is -0.273 e. The smallest absolute Gasteiger partial charge is 0.240 e. The van der Waals surface area contributed by atoms with Gasteiger partial charge in [-0.25, -0.2) is 5.43 Å². The molecule has 1 rings (SSSR count). The lowest BCUT2D eigenvalue weighted by Crippen LogP contribution is -2.23. The van der Waals surface area contributed by atoms with Crippen LogP contribution in [0.15, 0.2) is 5.10 Å². The molecule has 0 aromatic carbocycles. The van der Waals surface area contributed by atoms with Crippen molar-refractivity contribution < 1.29 is 4.79 Å². The zero-order valence-corrected chi connectivity index (χ0v) is 10.0. The van der Waals surface area contributed by atoms with Crippen molar-refractivity contribution in [3.63, 3.8) is 0 Å². The van der Waals surface area contributed by atoms with E-state index in [2.05, 4.69) is 17.5 Å². The number of hydrogen-bond acceptors (Lipinski definition) is 2. The van der Waals surface area contributed by atoms with E-state index in [9.17, 15) is 4.79 Å². The molecule has 1 amide bonds. The van der Waals surface area contributed by atoms with E-state index in [1.165, 1.54) is 12.8 Å². The summed E-state index contributed by atoms with van der Waals surface area (Å²) in [6.45, 7) is 6.31. The maximum atomic E-state index is 11.4. The quantitative estimate of drug-likeness (QED) is 0.715. The predicted octanol–water partition coefficient (Wildman–Crippen LogP) is 2.71. The van der Waals surface area contributed by atoms with E-state index >= 15 is 0 Å². The highest BCUT2D eigenvalue weighted by Gasteiger charge is 2.14. The highest BCUT2D eigenvalue weighted by molar-refractivity contribution is 5.87. The van der Waals surface area contributed by atoms with Crippen LogP contribution < -0.4 is 5.43 Å². The van der Waals surface area contributed by atoms with Crippen LogP contribution in [0.3, 0.4) is 0 Å². The molecule has 1 aliphatic carbocycles. The third-order valence-electron chi connectivity index (χ3n) is 2.68. The molecule has 0 saturated heterocycles. The van der Waals surface area contributed by atoms with E-state index in [1.807, 2.05) is 13.8 Å². The van der Waals surface area contributed by atoms with E-state index in [0.717, 1.165) is 24.5 Å². The number of hydrazone groups is 1. The van der Waals surface area contributed by atoms with Gasteiger partial charge in [-0.2, -0.15) is 5.10 Å². The van der Waals surface area contributed by atoms with Gasteiger partial charge < -0.3 is 0 Å². The Labute approximate surface area is 92.3 Å². The van der Waals surface area contributed by atoms with Crippen LogP contribution in [0.4, 0.5) is 0 Å². The lowest BCUT2D eigenvalue weighted by molar-refractivity contribution is -0.121. The molecule has 0 unspecified atom stereocenters. The van der Waals surface area contributed by atoms with Gasteiger partial charge in [-0.15, -0.1) is 0 Å². The van der Waals surface area contributed by atoms with Crippen molar-refractivity contribution in [3.05, 3.63) is 0 Å². The van der Waals surface area contributed by atoms with Gasteiger partial charge in [-0.1, -0.05) is 20.8 Å². The van der Waals surface area contributed by atoms with Crippen molar-refractivity contribution in [2.45, 2.75) is 52.9 Å². The topological polar surface area (TPSA) is 41.5 Å². The van der Waals surface area contributed by atoms with Crippen molar-refractivity contribution in [3.8, 4) is 0 Å². The molecule has 0 aromatic rings. The highest BCUT2D eigenvalue weighted by Crippen LogP contribution is 2.20. The van der Waals surface area contributed by atoms with Gasteiger partial charge in [0, 0.05) is 12.1 Å². The molecule has 15 heavy (non-hydrogen) atoms.